The number of benzene rings is 2. The molecule has 0 saturated heterocycles. The standard InChI is InChI=1S/C16H10BrClN2O/c17-11-5-3-4-10(8-11)9-13(18)15-19-14-7-2-1-6-12(14)16(21)20-15/h1-9H,(H,19,20,21)/b13-9-. The molecular formula is C16H10BrClN2O. The Morgan fingerprint density at radius 3 is 2.81 bits per heavy atom. The summed E-state index contributed by atoms with van der Waals surface area (Å²) in [4.78, 5) is 19.1. The van der Waals surface area contributed by atoms with Crippen molar-refractivity contribution in [3.05, 3.63) is 74.7 Å². The van der Waals surface area contributed by atoms with E-state index >= 15 is 0 Å². The molecule has 0 amide bonds. The lowest BCUT2D eigenvalue weighted by atomic mass is 10.2. The second kappa shape index (κ2) is 5.84. The Labute approximate surface area is 134 Å². The van der Waals surface area contributed by atoms with E-state index in [2.05, 4.69) is 25.9 Å². The summed E-state index contributed by atoms with van der Waals surface area (Å²) in [5, 5.41) is 0.934. The first-order valence-corrected chi connectivity index (χ1v) is 7.43. The SMILES string of the molecule is O=c1[nH]c(/C(Cl)=C/c2cccc(Br)c2)nc2ccccc12. The highest BCUT2D eigenvalue weighted by Gasteiger charge is 2.06. The number of H-pyrrole nitrogens is 1. The molecule has 0 radical (unpaired) electrons. The Bertz CT molecular complexity index is 902. The Morgan fingerprint density at radius 1 is 1.19 bits per heavy atom. The first kappa shape index (κ1) is 14.0. The second-order valence-corrected chi connectivity index (χ2v) is 5.80. The zero-order valence-electron chi connectivity index (χ0n) is 10.8. The van der Waals surface area contributed by atoms with Gasteiger partial charge < -0.3 is 4.98 Å². The molecular weight excluding hydrogens is 352 g/mol. The highest BCUT2D eigenvalue weighted by molar-refractivity contribution is 9.10. The van der Waals surface area contributed by atoms with Gasteiger partial charge in [-0.05, 0) is 35.9 Å². The third-order valence-electron chi connectivity index (χ3n) is 2.98. The molecule has 0 bridgehead atoms. The van der Waals surface area contributed by atoms with E-state index in [1.807, 2.05) is 30.3 Å². The minimum atomic E-state index is -0.198. The topological polar surface area (TPSA) is 45.8 Å². The Kier molecular flexibility index (Phi) is 3.90. The van der Waals surface area contributed by atoms with Crippen LogP contribution < -0.4 is 5.56 Å². The van der Waals surface area contributed by atoms with Gasteiger partial charge in [0.05, 0.1) is 15.9 Å². The maximum atomic E-state index is 12.0. The van der Waals surface area contributed by atoms with Gasteiger partial charge in [0.2, 0.25) is 0 Å². The van der Waals surface area contributed by atoms with Crippen LogP contribution in [0, 0.1) is 0 Å². The zero-order chi connectivity index (χ0) is 14.8. The van der Waals surface area contributed by atoms with E-state index in [1.54, 1.807) is 24.3 Å². The monoisotopic (exact) mass is 360 g/mol. The summed E-state index contributed by atoms with van der Waals surface area (Å²) in [7, 11) is 0. The summed E-state index contributed by atoms with van der Waals surface area (Å²) >= 11 is 9.69. The average Bonchev–Trinajstić information content (AvgIpc) is 2.47. The molecule has 3 nitrogen and oxygen atoms in total. The predicted octanol–water partition coefficient (Wildman–Crippen LogP) is 4.42. The Hall–Kier alpha value is -1.91. The van der Waals surface area contributed by atoms with E-state index in [0.717, 1.165) is 10.0 Å². The molecule has 2 aromatic carbocycles. The molecule has 1 aromatic heterocycles. The van der Waals surface area contributed by atoms with Crippen LogP contribution in [0.25, 0.3) is 22.0 Å². The summed E-state index contributed by atoms with van der Waals surface area (Å²) in [6.45, 7) is 0. The van der Waals surface area contributed by atoms with Crippen LogP contribution in [0.4, 0.5) is 0 Å². The highest BCUT2D eigenvalue weighted by atomic mass is 79.9. The van der Waals surface area contributed by atoms with Gasteiger partial charge in [-0.1, -0.05) is 51.8 Å². The number of hydrogen-bond donors (Lipinski definition) is 1. The molecule has 0 fully saturated rings. The van der Waals surface area contributed by atoms with Crippen LogP contribution >= 0.6 is 27.5 Å². The molecule has 0 aliphatic carbocycles. The van der Waals surface area contributed by atoms with Gasteiger partial charge in [-0.2, -0.15) is 0 Å². The van der Waals surface area contributed by atoms with Crippen molar-refractivity contribution in [3.8, 4) is 0 Å². The quantitative estimate of drug-likeness (QED) is 0.734. The number of aromatic amines is 1. The number of rotatable bonds is 2. The molecule has 0 saturated carbocycles. The normalized spacial score (nSPS) is 11.8. The maximum absolute atomic E-state index is 12.0. The lowest BCUT2D eigenvalue weighted by Gasteiger charge is -2.02. The highest BCUT2D eigenvalue weighted by Crippen LogP contribution is 2.21. The molecule has 21 heavy (non-hydrogen) atoms. The van der Waals surface area contributed by atoms with Crippen molar-refractivity contribution in [2.45, 2.75) is 0 Å². The fourth-order valence-electron chi connectivity index (χ4n) is 2.01. The van der Waals surface area contributed by atoms with Crippen molar-refractivity contribution in [1.82, 2.24) is 9.97 Å². The lowest BCUT2D eigenvalue weighted by Crippen LogP contribution is -2.10. The van der Waals surface area contributed by atoms with Gasteiger partial charge in [-0.25, -0.2) is 4.98 Å². The van der Waals surface area contributed by atoms with Gasteiger partial charge in [0.15, 0.2) is 5.82 Å². The average molecular weight is 362 g/mol. The lowest BCUT2D eigenvalue weighted by molar-refractivity contribution is 1.14. The summed E-state index contributed by atoms with van der Waals surface area (Å²) in [5.41, 5.74) is 1.35. The molecule has 1 heterocycles. The maximum Gasteiger partial charge on any atom is 0.259 e. The summed E-state index contributed by atoms with van der Waals surface area (Å²) in [6.07, 6.45) is 1.76. The van der Waals surface area contributed by atoms with Crippen molar-refractivity contribution in [1.29, 1.82) is 0 Å². The molecule has 0 atom stereocenters. The van der Waals surface area contributed by atoms with Crippen molar-refractivity contribution < 1.29 is 0 Å². The van der Waals surface area contributed by atoms with Gasteiger partial charge in [-0.15, -0.1) is 0 Å². The van der Waals surface area contributed by atoms with E-state index < -0.39 is 0 Å². The van der Waals surface area contributed by atoms with Crippen molar-refractivity contribution in [2.75, 3.05) is 0 Å². The van der Waals surface area contributed by atoms with Crippen molar-refractivity contribution >= 4 is 49.5 Å². The fraction of sp³-hybridized carbons (Fsp3) is 0. The van der Waals surface area contributed by atoms with Crippen LogP contribution in [-0.2, 0) is 0 Å². The Balaban J connectivity index is 2.09. The molecule has 0 unspecified atom stereocenters. The third-order valence-corrected chi connectivity index (χ3v) is 3.76. The van der Waals surface area contributed by atoms with Gasteiger partial charge in [0.1, 0.15) is 0 Å². The minimum Gasteiger partial charge on any atom is -0.305 e. The fourth-order valence-corrected chi connectivity index (χ4v) is 2.64. The molecule has 5 heteroatoms. The number of fused-ring (bicyclic) bond motifs is 1. The molecule has 3 aromatic rings. The summed E-state index contributed by atoms with van der Waals surface area (Å²) in [6, 6.07) is 14.9. The van der Waals surface area contributed by atoms with E-state index in [4.69, 9.17) is 11.6 Å². The third kappa shape index (κ3) is 3.06. The number of hydrogen-bond acceptors (Lipinski definition) is 2. The van der Waals surface area contributed by atoms with Crippen LogP contribution in [0.3, 0.4) is 0 Å². The van der Waals surface area contributed by atoms with Crippen molar-refractivity contribution in [3.63, 3.8) is 0 Å². The van der Waals surface area contributed by atoms with Crippen molar-refractivity contribution in [2.24, 2.45) is 0 Å². The molecule has 3 rings (SSSR count). The molecule has 104 valence electrons. The van der Waals surface area contributed by atoms with E-state index in [-0.39, 0.29) is 5.56 Å². The first-order valence-electron chi connectivity index (χ1n) is 6.26. The van der Waals surface area contributed by atoms with Crippen LogP contribution in [0.5, 0.6) is 0 Å². The number of aromatic nitrogens is 2. The Morgan fingerprint density at radius 2 is 2.00 bits per heavy atom. The first-order chi connectivity index (χ1) is 10.1. The van der Waals surface area contributed by atoms with Crippen LogP contribution in [0.2, 0.25) is 0 Å². The largest absolute Gasteiger partial charge is 0.305 e. The predicted molar refractivity (Wildman–Crippen MR) is 90.2 cm³/mol. The molecule has 0 aliphatic heterocycles. The zero-order valence-corrected chi connectivity index (χ0v) is 13.1. The van der Waals surface area contributed by atoms with Gasteiger partial charge in [0.25, 0.3) is 5.56 Å². The second-order valence-electron chi connectivity index (χ2n) is 4.48. The van der Waals surface area contributed by atoms with Crippen LogP contribution in [0.15, 0.2) is 57.8 Å². The summed E-state index contributed by atoms with van der Waals surface area (Å²) in [5.74, 6) is 0.361. The van der Waals surface area contributed by atoms with E-state index in [1.165, 1.54) is 0 Å². The van der Waals surface area contributed by atoms with Gasteiger partial charge >= 0.3 is 0 Å². The van der Waals surface area contributed by atoms with E-state index in [9.17, 15) is 4.79 Å². The smallest absolute Gasteiger partial charge is 0.259 e. The molecule has 0 aliphatic rings. The van der Waals surface area contributed by atoms with Gasteiger partial charge in [-0.3, -0.25) is 4.79 Å². The van der Waals surface area contributed by atoms with Gasteiger partial charge in [0, 0.05) is 4.47 Å². The van der Waals surface area contributed by atoms with Crippen LogP contribution in [0.1, 0.15) is 11.4 Å². The number of para-hydroxylation sites is 1. The number of nitrogens with one attached hydrogen (secondary N) is 1. The van der Waals surface area contributed by atoms with E-state index in [0.29, 0.717) is 21.8 Å². The number of halogens is 2. The van der Waals surface area contributed by atoms with Crippen LogP contribution in [-0.4, -0.2) is 9.97 Å². The number of nitrogens with zero attached hydrogens (tertiary/aromatic N) is 1. The molecule has 1 N–H and O–H groups in total. The minimum absolute atomic E-state index is 0.198. The molecule has 0 spiro atoms. The summed E-state index contributed by atoms with van der Waals surface area (Å²) < 4.78 is 0.959.